The molecule has 2 heterocycles. The number of ether oxygens (including phenoxy) is 1. The Morgan fingerprint density at radius 3 is 2.57 bits per heavy atom. The van der Waals surface area contributed by atoms with Gasteiger partial charge >= 0.3 is 0 Å². The number of methoxy groups -OCH3 is 1. The molecule has 1 amide bonds. The Hall–Kier alpha value is -2.25. The van der Waals surface area contributed by atoms with Crippen molar-refractivity contribution in [2.45, 2.75) is 11.3 Å². The first kappa shape index (κ1) is 19.1. The van der Waals surface area contributed by atoms with Crippen LogP contribution < -0.4 is 9.64 Å². The van der Waals surface area contributed by atoms with Gasteiger partial charge in [-0.2, -0.15) is 0 Å². The molecule has 1 aliphatic rings. The highest BCUT2D eigenvalue weighted by atomic mass is 32.2. The molecule has 5 nitrogen and oxygen atoms in total. The molecule has 0 spiro atoms. The maximum absolute atomic E-state index is 12.7. The van der Waals surface area contributed by atoms with Gasteiger partial charge < -0.3 is 14.5 Å². The molecular weight excluding hydrogens is 390 g/mol. The summed E-state index contributed by atoms with van der Waals surface area (Å²) in [5.74, 6) is 1.00. The van der Waals surface area contributed by atoms with Crippen LogP contribution in [0.1, 0.15) is 5.56 Å². The Morgan fingerprint density at radius 1 is 1.14 bits per heavy atom. The Kier molecular flexibility index (Phi) is 5.73. The number of para-hydroxylation sites is 1. The molecule has 1 aliphatic heterocycles. The highest BCUT2D eigenvalue weighted by Crippen LogP contribution is 2.34. The predicted octanol–water partition coefficient (Wildman–Crippen LogP) is 3.92. The van der Waals surface area contributed by atoms with Crippen LogP contribution in [0.25, 0.3) is 10.2 Å². The molecule has 1 fully saturated rings. The first-order valence-corrected chi connectivity index (χ1v) is 11.3. The number of piperazine rings is 1. The number of hydrogen-bond acceptors (Lipinski definition) is 6. The van der Waals surface area contributed by atoms with Crippen LogP contribution in [0.4, 0.5) is 5.13 Å². The molecule has 146 valence electrons. The molecule has 4 rings (SSSR count). The van der Waals surface area contributed by atoms with Gasteiger partial charge in [-0.25, -0.2) is 4.98 Å². The van der Waals surface area contributed by atoms with Crippen LogP contribution in [0.5, 0.6) is 5.75 Å². The third-order valence-electron chi connectivity index (χ3n) is 5.01. The van der Waals surface area contributed by atoms with Crippen LogP contribution >= 0.6 is 23.1 Å². The zero-order chi connectivity index (χ0) is 19.5. The van der Waals surface area contributed by atoms with E-state index in [9.17, 15) is 4.79 Å². The van der Waals surface area contributed by atoms with Crippen molar-refractivity contribution in [1.82, 2.24) is 9.88 Å². The smallest absolute Gasteiger partial charge is 0.227 e. The fourth-order valence-corrected chi connectivity index (χ4v) is 4.83. The minimum absolute atomic E-state index is 0.197. The number of benzene rings is 2. The van der Waals surface area contributed by atoms with Crippen molar-refractivity contribution in [1.29, 1.82) is 0 Å². The lowest BCUT2D eigenvalue weighted by molar-refractivity contribution is -0.130. The number of carbonyl (C=O) groups excluding carboxylic acids is 1. The standard InChI is InChI=1S/C21H23N3O2S2/c1-26-17-4-3-5-18-20(17)22-21(28-18)24-12-10-23(11-13-24)19(25)14-15-6-8-16(27-2)9-7-15/h3-9H,10-14H2,1-2H3. The number of rotatable bonds is 5. The normalized spacial score (nSPS) is 14.5. The van der Waals surface area contributed by atoms with E-state index in [2.05, 4.69) is 41.5 Å². The fraction of sp³-hybridized carbons (Fsp3) is 0.333. The summed E-state index contributed by atoms with van der Waals surface area (Å²) in [6.07, 6.45) is 2.52. The van der Waals surface area contributed by atoms with E-state index in [0.29, 0.717) is 6.42 Å². The topological polar surface area (TPSA) is 45.7 Å². The van der Waals surface area contributed by atoms with E-state index >= 15 is 0 Å². The third-order valence-corrected chi connectivity index (χ3v) is 6.83. The summed E-state index contributed by atoms with van der Waals surface area (Å²) in [5, 5.41) is 0.999. The molecule has 28 heavy (non-hydrogen) atoms. The molecule has 0 radical (unpaired) electrons. The van der Waals surface area contributed by atoms with Crippen LogP contribution in [-0.4, -0.2) is 55.3 Å². The number of amides is 1. The lowest BCUT2D eigenvalue weighted by Crippen LogP contribution is -2.49. The summed E-state index contributed by atoms with van der Waals surface area (Å²) >= 11 is 3.39. The third kappa shape index (κ3) is 3.95. The molecule has 1 aromatic heterocycles. The number of carbonyl (C=O) groups is 1. The number of nitrogens with zero attached hydrogens (tertiary/aromatic N) is 3. The van der Waals surface area contributed by atoms with Crippen molar-refractivity contribution in [2.24, 2.45) is 0 Å². The van der Waals surface area contributed by atoms with Crippen LogP contribution in [0.15, 0.2) is 47.4 Å². The number of aromatic nitrogens is 1. The van der Waals surface area contributed by atoms with E-state index in [0.717, 1.165) is 52.8 Å². The lowest BCUT2D eigenvalue weighted by Gasteiger charge is -2.34. The average molecular weight is 414 g/mol. The second-order valence-electron chi connectivity index (χ2n) is 6.70. The van der Waals surface area contributed by atoms with Crippen molar-refractivity contribution >= 4 is 44.4 Å². The Balaban J connectivity index is 1.38. The summed E-state index contributed by atoms with van der Waals surface area (Å²) in [4.78, 5) is 22.9. The summed E-state index contributed by atoms with van der Waals surface area (Å²) in [7, 11) is 1.67. The molecule has 0 atom stereocenters. The summed E-state index contributed by atoms with van der Waals surface area (Å²) in [6.45, 7) is 3.07. The van der Waals surface area contributed by atoms with E-state index in [1.54, 1.807) is 30.2 Å². The SMILES string of the molecule is COc1cccc2sc(N3CCN(C(=O)Cc4ccc(SC)cc4)CC3)nc12. The molecule has 0 bridgehead atoms. The number of hydrogen-bond donors (Lipinski definition) is 0. The van der Waals surface area contributed by atoms with Crippen LogP contribution in [0, 0.1) is 0 Å². The largest absolute Gasteiger partial charge is 0.494 e. The van der Waals surface area contributed by atoms with Gasteiger partial charge in [-0.3, -0.25) is 4.79 Å². The molecule has 7 heteroatoms. The van der Waals surface area contributed by atoms with Gasteiger partial charge in [0.15, 0.2) is 5.13 Å². The van der Waals surface area contributed by atoms with Gasteiger partial charge in [0, 0.05) is 31.1 Å². The zero-order valence-corrected chi connectivity index (χ0v) is 17.7. The zero-order valence-electron chi connectivity index (χ0n) is 16.1. The number of fused-ring (bicyclic) bond motifs is 1. The minimum atomic E-state index is 0.197. The highest BCUT2D eigenvalue weighted by Gasteiger charge is 2.23. The van der Waals surface area contributed by atoms with E-state index in [4.69, 9.17) is 9.72 Å². The summed E-state index contributed by atoms with van der Waals surface area (Å²) in [5.41, 5.74) is 1.99. The summed E-state index contributed by atoms with van der Waals surface area (Å²) < 4.78 is 6.55. The van der Waals surface area contributed by atoms with E-state index in [1.807, 2.05) is 17.0 Å². The van der Waals surface area contributed by atoms with E-state index < -0.39 is 0 Å². The number of thiazole rings is 1. The van der Waals surface area contributed by atoms with Crippen molar-refractivity contribution in [3.05, 3.63) is 48.0 Å². The molecule has 3 aromatic rings. The quantitative estimate of drug-likeness (QED) is 0.594. The van der Waals surface area contributed by atoms with Gasteiger partial charge in [0.1, 0.15) is 11.3 Å². The Bertz CT molecular complexity index is 963. The Labute approximate surface area is 173 Å². The second-order valence-corrected chi connectivity index (χ2v) is 8.58. The summed E-state index contributed by atoms with van der Waals surface area (Å²) in [6, 6.07) is 14.3. The maximum atomic E-state index is 12.7. The van der Waals surface area contributed by atoms with Gasteiger partial charge in [-0.15, -0.1) is 11.8 Å². The van der Waals surface area contributed by atoms with Gasteiger partial charge in [0.05, 0.1) is 18.2 Å². The fourth-order valence-electron chi connectivity index (χ4n) is 3.39. The molecule has 2 aromatic carbocycles. The monoisotopic (exact) mass is 413 g/mol. The number of anilines is 1. The average Bonchev–Trinajstić information content (AvgIpc) is 3.19. The van der Waals surface area contributed by atoms with Crippen molar-refractivity contribution in [3.8, 4) is 5.75 Å². The lowest BCUT2D eigenvalue weighted by atomic mass is 10.1. The molecule has 0 aliphatic carbocycles. The Morgan fingerprint density at radius 2 is 1.89 bits per heavy atom. The number of thioether (sulfide) groups is 1. The van der Waals surface area contributed by atoms with Crippen molar-refractivity contribution in [2.75, 3.05) is 44.4 Å². The first-order valence-electron chi connectivity index (χ1n) is 9.27. The minimum Gasteiger partial charge on any atom is -0.494 e. The highest BCUT2D eigenvalue weighted by molar-refractivity contribution is 7.98. The molecule has 0 unspecified atom stereocenters. The second kappa shape index (κ2) is 8.41. The van der Waals surface area contributed by atoms with Gasteiger partial charge in [-0.1, -0.05) is 29.5 Å². The van der Waals surface area contributed by atoms with E-state index in [-0.39, 0.29) is 5.91 Å². The van der Waals surface area contributed by atoms with Crippen molar-refractivity contribution in [3.63, 3.8) is 0 Å². The molecule has 1 saturated heterocycles. The van der Waals surface area contributed by atoms with Gasteiger partial charge in [0.25, 0.3) is 0 Å². The molecular formula is C21H23N3O2S2. The van der Waals surface area contributed by atoms with Crippen molar-refractivity contribution < 1.29 is 9.53 Å². The van der Waals surface area contributed by atoms with E-state index in [1.165, 1.54) is 4.90 Å². The molecule has 0 saturated carbocycles. The van der Waals surface area contributed by atoms with Crippen LogP contribution in [0.3, 0.4) is 0 Å². The van der Waals surface area contributed by atoms with Crippen LogP contribution in [0.2, 0.25) is 0 Å². The van der Waals surface area contributed by atoms with Gasteiger partial charge in [0.2, 0.25) is 5.91 Å². The van der Waals surface area contributed by atoms with Crippen LogP contribution in [-0.2, 0) is 11.2 Å². The van der Waals surface area contributed by atoms with Gasteiger partial charge in [-0.05, 0) is 36.1 Å². The first-order chi connectivity index (χ1) is 13.7. The maximum Gasteiger partial charge on any atom is 0.227 e. The molecule has 0 N–H and O–H groups in total. The predicted molar refractivity (Wildman–Crippen MR) is 117 cm³/mol.